The molecule has 2 rings (SSSR count). The Morgan fingerprint density at radius 3 is 2.29 bits per heavy atom. The van der Waals surface area contributed by atoms with E-state index in [0.717, 1.165) is 11.5 Å². The highest BCUT2D eigenvalue weighted by atomic mass is 32.1. The monoisotopic (exact) mass is 308 g/mol. The fourth-order valence-corrected chi connectivity index (χ4v) is 3.28. The molecule has 1 fully saturated rings. The van der Waals surface area contributed by atoms with Gasteiger partial charge in [0.15, 0.2) is 0 Å². The first-order valence-electron chi connectivity index (χ1n) is 7.61. The van der Waals surface area contributed by atoms with E-state index in [4.69, 9.17) is 4.74 Å². The largest absolute Gasteiger partial charge is 0.493 e. The van der Waals surface area contributed by atoms with Gasteiger partial charge in [-0.15, -0.1) is 0 Å². The van der Waals surface area contributed by atoms with Crippen molar-refractivity contribution in [3.8, 4) is 5.75 Å². The molecule has 0 atom stereocenters. The van der Waals surface area contributed by atoms with Crippen LogP contribution in [0, 0.1) is 5.41 Å². The lowest BCUT2D eigenvalue weighted by Crippen LogP contribution is -2.30. The van der Waals surface area contributed by atoms with Crippen LogP contribution in [-0.2, 0) is 4.74 Å². The molecule has 0 saturated heterocycles. The molecular weight excluding hydrogens is 284 g/mol. The number of thiol groups is 1. The zero-order chi connectivity index (χ0) is 15.1. The molecule has 116 valence electrons. The number of esters is 1. The number of methoxy groups -OCH3 is 1. The van der Waals surface area contributed by atoms with E-state index in [1.807, 2.05) is 12.1 Å². The van der Waals surface area contributed by atoms with Crippen LogP contribution in [0.3, 0.4) is 0 Å². The summed E-state index contributed by atoms with van der Waals surface area (Å²) < 4.78 is 10.7. The van der Waals surface area contributed by atoms with Crippen molar-refractivity contribution < 1.29 is 14.3 Å². The van der Waals surface area contributed by atoms with E-state index in [0.29, 0.717) is 12.2 Å². The van der Waals surface area contributed by atoms with Gasteiger partial charge in [0.25, 0.3) is 0 Å². The van der Waals surface area contributed by atoms with Crippen molar-refractivity contribution in [1.29, 1.82) is 0 Å². The van der Waals surface area contributed by atoms with Gasteiger partial charge in [0, 0.05) is 5.41 Å². The summed E-state index contributed by atoms with van der Waals surface area (Å²) in [5, 5.41) is 0. The van der Waals surface area contributed by atoms with Crippen molar-refractivity contribution >= 4 is 18.6 Å². The van der Waals surface area contributed by atoms with Crippen molar-refractivity contribution in [2.45, 2.75) is 38.5 Å². The lowest BCUT2D eigenvalue weighted by Gasteiger charge is -2.30. The first kappa shape index (κ1) is 16.2. The average Bonchev–Trinajstić information content (AvgIpc) is 2.79. The number of ether oxygens (including phenoxy) is 2. The van der Waals surface area contributed by atoms with Crippen molar-refractivity contribution in [2.75, 3.05) is 19.5 Å². The molecule has 0 bridgehead atoms. The SMILES string of the molecule is COC(=O)c1ccc(OCC2(CS)CCCCCC2)cc1. The maximum Gasteiger partial charge on any atom is 0.337 e. The molecule has 1 aromatic rings. The van der Waals surface area contributed by atoms with E-state index in [9.17, 15) is 4.79 Å². The van der Waals surface area contributed by atoms with Crippen LogP contribution >= 0.6 is 12.6 Å². The molecule has 1 aliphatic carbocycles. The van der Waals surface area contributed by atoms with E-state index in [-0.39, 0.29) is 11.4 Å². The number of benzene rings is 1. The summed E-state index contributed by atoms with van der Waals surface area (Å²) in [6.07, 6.45) is 7.57. The number of carbonyl (C=O) groups is 1. The van der Waals surface area contributed by atoms with Gasteiger partial charge in [-0.1, -0.05) is 25.7 Å². The molecule has 0 radical (unpaired) electrons. The number of hydrogen-bond donors (Lipinski definition) is 1. The molecule has 1 aromatic carbocycles. The zero-order valence-corrected chi connectivity index (χ0v) is 13.5. The minimum atomic E-state index is -0.322. The van der Waals surface area contributed by atoms with Crippen LogP contribution in [0.1, 0.15) is 48.9 Å². The molecular formula is C17H24O3S. The van der Waals surface area contributed by atoms with Crippen LogP contribution in [0.2, 0.25) is 0 Å². The standard InChI is InChI=1S/C17H24O3S/c1-19-16(18)14-6-8-15(9-7-14)20-12-17(13-21)10-4-2-3-5-11-17/h6-9,21H,2-5,10-13H2,1H3. The van der Waals surface area contributed by atoms with Gasteiger partial charge in [-0.25, -0.2) is 4.79 Å². The van der Waals surface area contributed by atoms with Gasteiger partial charge < -0.3 is 9.47 Å². The predicted octanol–water partition coefficient (Wildman–Crippen LogP) is 4.12. The third-order valence-electron chi connectivity index (χ3n) is 4.32. The van der Waals surface area contributed by atoms with Gasteiger partial charge in [0.2, 0.25) is 0 Å². The van der Waals surface area contributed by atoms with Crippen molar-refractivity contribution in [3.63, 3.8) is 0 Å². The highest BCUT2D eigenvalue weighted by Gasteiger charge is 2.30. The van der Waals surface area contributed by atoms with E-state index in [2.05, 4.69) is 17.4 Å². The first-order valence-corrected chi connectivity index (χ1v) is 8.24. The van der Waals surface area contributed by atoms with Crippen molar-refractivity contribution in [1.82, 2.24) is 0 Å². The molecule has 0 aromatic heterocycles. The van der Waals surface area contributed by atoms with Crippen molar-refractivity contribution in [3.05, 3.63) is 29.8 Å². The van der Waals surface area contributed by atoms with Gasteiger partial charge in [0.1, 0.15) is 5.75 Å². The Kier molecular flexibility index (Phi) is 5.97. The van der Waals surface area contributed by atoms with Crippen LogP contribution < -0.4 is 4.74 Å². The second-order valence-corrected chi connectivity index (χ2v) is 6.19. The van der Waals surface area contributed by atoms with Crippen molar-refractivity contribution in [2.24, 2.45) is 5.41 Å². The highest BCUT2D eigenvalue weighted by Crippen LogP contribution is 2.36. The number of carbonyl (C=O) groups excluding carboxylic acids is 1. The van der Waals surface area contributed by atoms with E-state index in [1.165, 1.54) is 45.6 Å². The highest BCUT2D eigenvalue weighted by molar-refractivity contribution is 7.80. The molecule has 0 aliphatic heterocycles. The van der Waals surface area contributed by atoms with Crippen LogP contribution in [0.4, 0.5) is 0 Å². The summed E-state index contributed by atoms with van der Waals surface area (Å²) in [6, 6.07) is 7.13. The minimum Gasteiger partial charge on any atom is -0.493 e. The second-order valence-electron chi connectivity index (χ2n) is 5.88. The summed E-state index contributed by atoms with van der Waals surface area (Å²) >= 11 is 4.56. The molecule has 3 nitrogen and oxygen atoms in total. The Balaban J connectivity index is 1.96. The summed E-state index contributed by atoms with van der Waals surface area (Å²) in [6.45, 7) is 0.702. The van der Waals surface area contributed by atoms with Gasteiger partial charge >= 0.3 is 5.97 Å². The molecule has 21 heavy (non-hydrogen) atoms. The van der Waals surface area contributed by atoms with Crippen LogP contribution in [0.25, 0.3) is 0 Å². The summed E-state index contributed by atoms with van der Waals surface area (Å²) in [5.41, 5.74) is 0.740. The minimum absolute atomic E-state index is 0.195. The molecule has 0 heterocycles. The third-order valence-corrected chi connectivity index (χ3v) is 4.99. The summed E-state index contributed by atoms with van der Waals surface area (Å²) in [5.74, 6) is 1.35. The van der Waals surface area contributed by atoms with Crippen LogP contribution in [0.5, 0.6) is 5.75 Å². The topological polar surface area (TPSA) is 35.5 Å². The maximum absolute atomic E-state index is 11.4. The Labute approximate surface area is 132 Å². The van der Waals surface area contributed by atoms with E-state index in [1.54, 1.807) is 12.1 Å². The summed E-state index contributed by atoms with van der Waals surface area (Å²) in [4.78, 5) is 11.4. The van der Waals surface area contributed by atoms with Crippen LogP contribution in [-0.4, -0.2) is 25.4 Å². The zero-order valence-electron chi connectivity index (χ0n) is 12.6. The van der Waals surface area contributed by atoms with Gasteiger partial charge in [-0.3, -0.25) is 0 Å². The third kappa shape index (κ3) is 4.40. The Morgan fingerprint density at radius 2 is 1.76 bits per heavy atom. The van der Waals surface area contributed by atoms with E-state index < -0.39 is 0 Å². The quantitative estimate of drug-likeness (QED) is 0.505. The Bertz CT molecular complexity index is 448. The predicted molar refractivity (Wildman–Crippen MR) is 87.3 cm³/mol. The lowest BCUT2D eigenvalue weighted by atomic mass is 9.83. The second kappa shape index (κ2) is 7.74. The molecule has 0 unspecified atom stereocenters. The van der Waals surface area contributed by atoms with Gasteiger partial charge in [-0.2, -0.15) is 12.6 Å². The van der Waals surface area contributed by atoms with Crippen LogP contribution in [0.15, 0.2) is 24.3 Å². The molecule has 1 aliphatic rings. The number of rotatable bonds is 5. The molecule has 4 heteroatoms. The smallest absolute Gasteiger partial charge is 0.337 e. The molecule has 0 amide bonds. The van der Waals surface area contributed by atoms with Gasteiger partial charge in [0.05, 0.1) is 19.3 Å². The Morgan fingerprint density at radius 1 is 1.14 bits per heavy atom. The summed E-state index contributed by atoms with van der Waals surface area (Å²) in [7, 11) is 1.38. The normalized spacial score (nSPS) is 17.8. The molecule has 0 spiro atoms. The fourth-order valence-electron chi connectivity index (χ4n) is 2.87. The fraction of sp³-hybridized carbons (Fsp3) is 0.588. The first-order chi connectivity index (χ1) is 10.2. The number of hydrogen-bond acceptors (Lipinski definition) is 4. The average molecular weight is 308 g/mol. The maximum atomic E-state index is 11.4. The lowest BCUT2D eigenvalue weighted by molar-refractivity contribution is 0.0600. The molecule has 1 saturated carbocycles. The molecule has 0 N–H and O–H groups in total. The van der Waals surface area contributed by atoms with Gasteiger partial charge in [-0.05, 0) is 42.9 Å². The Hall–Kier alpha value is -1.16. The van der Waals surface area contributed by atoms with E-state index >= 15 is 0 Å².